The number of benzene rings is 1. The number of anilines is 1. The molecule has 4 N–H and O–H groups in total. The van der Waals surface area contributed by atoms with Crippen LogP contribution in [0.2, 0.25) is 0 Å². The van der Waals surface area contributed by atoms with Gasteiger partial charge in [0.05, 0.1) is 12.4 Å². The SMILES string of the molecule is Nc1ncnc2c1ncn2CCC(=O)NCc1cccc(C(=O)NCC2CCCO2)c1. The molecule has 3 heterocycles. The number of nitrogens with one attached hydrogen (secondary N) is 2. The van der Waals surface area contributed by atoms with Gasteiger partial charge >= 0.3 is 0 Å². The minimum absolute atomic E-state index is 0.0990. The van der Waals surface area contributed by atoms with Crippen molar-refractivity contribution in [2.45, 2.75) is 38.5 Å². The van der Waals surface area contributed by atoms with Gasteiger partial charge in [-0.3, -0.25) is 9.59 Å². The second kappa shape index (κ2) is 9.52. The van der Waals surface area contributed by atoms with Gasteiger partial charge in [-0.2, -0.15) is 0 Å². The summed E-state index contributed by atoms with van der Waals surface area (Å²) in [6.07, 6.45) is 5.34. The van der Waals surface area contributed by atoms with Crippen LogP contribution in [0.5, 0.6) is 0 Å². The topological polar surface area (TPSA) is 137 Å². The number of nitrogens with two attached hydrogens (primary N) is 1. The van der Waals surface area contributed by atoms with Crippen LogP contribution in [0.15, 0.2) is 36.9 Å². The van der Waals surface area contributed by atoms with Gasteiger partial charge in [0.25, 0.3) is 5.91 Å². The molecule has 1 unspecified atom stereocenters. The highest BCUT2D eigenvalue weighted by atomic mass is 16.5. The van der Waals surface area contributed by atoms with E-state index >= 15 is 0 Å². The fourth-order valence-corrected chi connectivity index (χ4v) is 3.51. The fourth-order valence-electron chi connectivity index (χ4n) is 3.51. The van der Waals surface area contributed by atoms with E-state index in [1.54, 1.807) is 23.0 Å². The molecule has 10 nitrogen and oxygen atoms in total. The van der Waals surface area contributed by atoms with Crippen molar-refractivity contribution in [1.82, 2.24) is 30.2 Å². The van der Waals surface area contributed by atoms with Gasteiger partial charge < -0.3 is 25.7 Å². The minimum atomic E-state index is -0.142. The van der Waals surface area contributed by atoms with Gasteiger partial charge in [0, 0.05) is 38.2 Å². The first-order valence-corrected chi connectivity index (χ1v) is 10.3. The molecule has 10 heteroatoms. The number of aryl methyl sites for hydroxylation is 1. The number of hydrogen-bond donors (Lipinski definition) is 3. The lowest BCUT2D eigenvalue weighted by Gasteiger charge is -2.11. The van der Waals surface area contributed by atoms with Crippen LogP contribution in [0.25, 0.3) is 11.2 Å². The molecule has 0 spiro atoms. The number of hydrogen-bond acceptors (Lipinski definition) is 7. The number of carbonyl (C=O) groups excluding carboxylic acids is 2. The molecule has 0 saturated carbocycles. The summed E-state index contributed by atoms with van der Waals surface area (Å²) in [6.45, 7) is 2.03. The number of aromatic nitrogens is 4. The summed E-state index contributed by atoms with van der Waals surface area (Å²) in [7, 11) is 0. The second-order valence-electron chi connectivity index (χ2n) is 7.44. The lowest BCUT2D eigenvalue weighted by Crippen LogP contribution is -2.31. The molecule has 0 radical (unpaired) electrons. The average Bonchev–Trinajstić information content (AvgIpc) is 3.45. The van der Waals surface area contributed by atoms with Crippen molar-refractivity contribution in [3.05, 3.63) is 48.0 Å². The number of carbonyl (C=O) groups is 2. The molecule has 4 rings (SSSR count). The third kappa shape index (κ3) is 5.15. The Morgan fingerprint density at radius 3 is 2.97 bits per heavy atom. The predicted molar refractivity (Wildman–Crippen MR) is 114 cm³/mol. The van der Waals surface area contributed by atoms with Gasteiger partial charge in [-0.15, -0.1) is 0 Å². The van der Waals surface area contributed by atoms with E-state index in [-0.39, 0.29) is 24.3 Å². The van der Waals surface area contributed by atoms with Crippen molar-refractivity contribution < 1.29 is 14.3 Å². The number of fused-ring (bicyclic) bond motifs is 1. The molecule has 1 saturated heterocycles. The molecule has 2 aromatic heterocycles. The summed E-state index contributed by atoms with van der Waals surface area (Å²) >= 11 is 0. The normalized spacial score (nSPS) is 15.8. The molecule has 31 heavy (non-hydrogen) atoms. The summed E-state index contributed by atoms with van der Waals surface area (Å²) in [5.41, 5.74) is 8.32. The lowest BCUT2D eigenvalue weighted by atomic mass is 10.1. The molecule has 1 aromatic carbocycles. The van der Waals surface area contributed by atoms with Crippen LogP contribution in [0, 0.1) is 0 Å². The van der Waals surface area contributed by atoms with E-state index in [4.69, 9.17) is 10.5 Å². The van der Waals surface area contributed by atoms with Crippen LogP contribution >= 0.6 is 0 Å². The number of nitrogens with zero attached hydrogens (tertiary/aromatic N) is 4. The molecule has 0 bridgehead atoms. The van der Waals surface area contributed by atoms with E-state index in [0.717, 1.165) is 25.0 Å². The third-order valence-electron chi connectivity index (χ3n) is 5.20. The van der Waals surface area contributed by atoms with Crippen molar-refractivity contribution in [2.24, 2.45) is 0 Å². The van der Waals surface area contributed by atoms with Crippen molar-refractivity contribution in [3.8, 4) is 0 Å². The maximum absolute atomic E-state index is 12.4. The molecular formula is C21H25N7O3. The largest absolute Gasteiger partial charge is 0.382 e. The molecule has 3 aromatic rings. The van der Waals surface area contributed by atoms with Crippen molar-refractivity contribution in [1.29, 1.82) is 0 Å². The van der Waals surface area contributed by atoms with Crippen LogP contribution in [0.1, 0.15) is 35.2 Å². The Kier molecular flexibility index (Phi) is 6.37. The number of ether oxygens (including phenoxy) is 1. The van der Waals surface area contributed by atoms with E-state index in [1.165, 1.54) is 6.33 Å². The number of nitrogen functional groups attached to an aromatic ring is 1. The van der Waals surface area contributed by atoms with E-state index < -0.39 is 0 Å². The smallest absolute Gasteiger partial charge is 0.251 e. The third-order valence-corrected chi connectivity index (χ3v) is 5.20. The second-order valence-corrected chi connectivity index (χ2v) is 7.44. The Morgan fingerprint density at radius 1 is 1.23 bits per heavy atom. The van der Waals surface area contributed by atoms with Crippen LogP contribution in [-0.2, 0) is 22.6 Å². The van der Waals surface area contributed by atoms with Gasteiger partial charge in [0.15, 0.2) is 11.5 Å². The highest BCUT2D eigenvalue weighted by molar-refractivity contribution is 5.94. The quantitative estimate of drug-likeness (QED) is 0.492. The zero-order valence-electron chi connectivity index (χ0n) is 17.1. The molecule has 2 amide bonds. The van der Waals surface area contributed by atoms with Gasteiger partial charge in [0.1, 0.15) is 11.8 Å². The average molecular weight is 423 g/mol. The number of rotatable bonds is 8. The summed E-state index contributed by atoms with van der Waals surface area (Å²) in [5, 5.41) is 5.79. The van der Waals surface area contributed by atoms with E-state index in [0.29, 0.717) is 42.2 Å². The highest BCUT2D eigenvalue weighted by Crippen LogP contribution is 2.14. The van der Waals surface area contributed by atoms with Crippen LogP contribution in [-0.4, -0.2) is 50.6 Å². The van der Waals surface area contributed by atoms with Crippen LogP contribution in [0.3, 0.4) is 0 Å². The standard InChI is InChI=1S/C21H25N7O3/c22-19-18-20(26-12-25-19)28(13-27-18)7-6-17(29)23-10-14-3-1-4-15(9-14)21(30)24-11-16-5-2-8-31-16/h1,3-4,9,12-13,16H,2,5-8,10-11H2,(H,23,29)(H,24,30)(H2,22,25,26). The summed E-state index contributed by atoms with van der Waals surface area (Å²) < 4.78 is 7.30. The molecule has 1 fully saturated rings. The monoisotopic (exact) mass is 423 g/mol. The zero-order chi connectivity index (χ0) is 21.6. The Bertz CT molecular complexity index is 1080. The Morgan fingerprint density at radius 2 is 2.13 bits per heavy atom. The molecule has 1 atom stereocenters. The van der Waals surface area contributed by atoms with Crippen molar-refractivity contribution in [2.75, 3.05) is 18.9 Å². The van der Waals surface area contributed by atoms with E-state index in [9.17, 15) is 9.59 Å². The predicted octanol–water partition coefficient (Wildman–Crippen LogP) is 1.02. The maximum Gasteiger partial charge on any atom is 0.251 e. The maximum atomic E-state index is 12.4. The number of amides is 2. The Labute approximate surface area is 179 Å². The molecule has 162 valence electrons. The zero-order valence-corrected chi connectivity index (χ0v) is 17.1. The summed E-state index contributed by atoms with van der Waals surface area (Å²) in [4.78, 5) is 36.9. The summed E-state index contributed by atoms with van der Waals surface area (Å²) in [5.74, 6) is 0.0573. The number of imidazole rings is 1. The Balaban J connectivity index is 1.26. The molecule has 1 aliphatic heterocycles. The first-order chi connectivity index (χ1) is 15.1. The van der Waals surface area contributed by atoms with Crippen molar-refractivity contribution >= 4 is 28.8 Å². The van der Waals surface area contributed by atoms with Gasteiger partial charge in [0.2, 0.25) is 5.91 Å². The fraction of sp³-hybridized carbons (Fsp3) is 0.381. The van der Waals surface area contributed by atoms with E-state index in [1.807, 2.05) is 12.1 Å². The van der Waals surface area contributed by atoms with Gasteiger partial charge in [-0.05, 0) is 30.5 Å². The van der Waals surface area contributed by atoms with Crippen LogP contribution < -0.4 is 16.4 Å². The molecule has 0 aliphatic carbocycles. The first-order valence-electron chi connectivity index (χ1n) is 10.3. The van der Waals surface area contributed by atoms with Crippen molar-refractivity contribution in [3.63, 3.8) is 0 Å². The first kappa shape index (κ1) is 20.7. The van der Waals surface area contributed by atoms with Gasteiger partial charge in [-0.25, -0.2) is 15.0 Å². The molecule has 1 aliphatic rings. The minimum Gasteiger partial charge on any atom is -0.382 e. The highest BCUT2D eigenvalue weighted by Gasteiger charge is 2.17. The Hall–Kier alpha value is -3.53. The van der Waals surface area contributed by atoms with Crippen LogP contribution in [0.4, 0.5) is 5.82 Å². The van der Waals surface area contributed by atoms with Gasteiger partial charge in [-0.1, -0.05) is 12.1 Å². The molecular weight excluding hydrogens is 398 g/mol. The van der Waals surface area contributed by atoms with E-state index in [2.05, 4.69) is 25.6 Å². The lowest BCUT2D eigenvalue weighted by molar-refractivity contribution is -0.121. The summed E-state index contributed by atoms with van der Waals surface area (Å²) in [6, 6.07) is 7.23.